The SMILES string of the molecule is COc1cc(C(=O)NCC(O)(c2cc3c(c(-c4ccc(F)cc4)n2)OC[C@]3(C)n2cccc2)C(F)(F)F)cc2cccnc12. The molecule has 2 aromatic carbocycles. The molecule has 1 aliphatic rings. The molecule has 1 aliphatic heterocycles. The third kappa shape index (κ3) is 4.80. The van der Waals surface area contributed by atoms with E-state index in [0.29, 0.717) is 16.5 Å². The molecule has 44 heavy (non-hydrogen) atoms. The summed E-state index contributed by atoms with van der Waals surface area (Å²) in [5, 5.41) is 14.2. The van der Waals surface area contributed by atoms with Crippen LogP contribution in [0.3, 0.4) is 0 Å². The van der Waals surface area contributed by atoms with Crippen molar-refractivity contribution in [3.8, 4) is 22.8 Å². The second kappa shape index (κ2) is 10.6. The zero-order valence-electron chi connectivity index (χ0n) is 23.5. The van der Waals surface area contributed by atoms with Gasteiger partial charge in [0.15, 0.2) is 5.75 Å². The highest BCUT2D eigenvalue weighted by molar-refractivity contribution is 5.99. The Kier molecular flexibility index (Phi) is 7.04. The number of halogens is 4. The number of fused-ring (bicyclic) bond motifs is 2. The number of ether oxygens (including phenoxy) is 2. The van der Waals surface area contributed by atoms with Crippen molar-refractivity contribution < 1.29 is 36.9 Å². The molecular weight excluding hydrogens is 580 g/mol. The molecule has 3 aromatic heterocycles. The summed E-state index contributed by atoms with van der Waals surface area (Å²) in [5.41, 5.74) is -4.24. The van der Waals surface area contributed by atoms with Gasteiger partial charge >= 0.3 is 6.18 Å². The first kappa shape index (κ1) is 29.1. The number of methoxy groups -OCH3 is 1. The summed E-state index contributed by atoms with van der Waals surface area (Å²) in [4.78, 5) is 21.6. The Labute approximate surface area is 248 Å². The highest BCUT2D eigenvalue weighted by Crippen LogP contribution is 2.48. The number of carbonyl (C=O) groups is 1. The van der Waals surface area contributed by atoms with Crippen molar-refractivity contribution in [1.29, 1.82) is 0 Å². The molecule has 6 rings (SSSR count). The van der Waals surface area contributed by atoms with Gasteiger partial charge in [-0.25, -0.2) is 9.37 Å². The van der Waals surface area contributed by atoms with Crippen LogP contribution >= 0.6 is 0 Å². The van der Waals surface area contributed by atoms with Crippen molar-refractivity contribution in [2.45, 2.75) is 24.2 Å². The fraction of sp³-hybridized carbons (Fsp3) is 0.219. The highest BCUT2D eigenvalue weighted by atomic mass is 19.4. The van der Waals surface area contributed by atoms with Crippen molar-refractivity contribution in [3.63, 3.8) is 0 Å². The summed E-state index contributed by atoms with van der Waals surface area (Å²) in [7, 11) is 1.39. The normalized spacial score (nSPS) is 17.5. The number of nitrogens with one attached hydrogen (secondary N) is 1. The zero-order valence-corrected chi connectivity index (χ0v) is 23.5. The zero-order chi connectivity index (χ0) is 31.3. The van der Waals surface area contributed by atoms with Crippen LogP contribution in [0.4, 0.5) is 17.6 Å². The first-order valence-electron chi connectivity index (χ1n) is 13.5. The number of hydrogen-bond donors (Lipinski definition) is 2. The smallest absolute Gasteiger partial charge is 0.424 e. The Hall–Kier alpha value is -4.97. The molecule has 4 heterocycles. The number of pyridine rings is 2. The molecule has 1 unspecified atom stereocenters. The van der Waals surface area contributed by atoms with Gasteiger partial charge in [0.2, 0.25) is 5.60 Å². The number of amides is 1. The number of nitrogens with zero attached hydrogens (tertiary/aromatic N) is 3. The number of benzene rings is 2. The van der Waals surface area contributed by atoms with Crippen LogP contribution in [0.15, 0.2) is 85.3 Å². The summed E-state index contributed by atoms with van der Waals surface area (Å²) in [6, 6.07) is 15.9. The maximum Gasteiger partial charge on any atom is 0.424 e. The largest absolute Gasteiger partial charge is 0.494 e. The molecule has 1 amide bonds. The van der Waals surface area contributed by atoms with Crippen LogP contribution in [-0.4, -0.2) is 52.0 Å². The van der Waals surface area contributed by atoms with E-state index in [-0.39, 0.29) is 34.9 Å². The topological polar surface area (TPSA) is 98.5 Å². The number of alkyl halides is 3. The summed E-state index contributed by atoms with van der Waals surface area (Å²) in [5.74, 6) is -0.956. The Bertz CT molecular complexity index is 1860. The Morgan fingerprint density at radius 2 is 1.84 bits per heavy atom. The fourth-order valence-corrected chi connectivity index (χ4v) is 5.35. The van der Waals surface area contributed by atoms with Gasteiger partial charge in [-0.3, -0.25) is 9.78 Å². The Morgan fingerprint density at radius 3 is 2.52 bits per heavy atom. The molecule has 0 bridgehead atoms. The molecular formula is C32H26F4N4O4. The van der Waals surface area contributed by atoms with Crippen LogP contribution in [0.25, 0.3) is 22.2 Å². The lowest BCUT2D eigenvalue weighted by molar-refractivity contribution is -0.265. The summed E-state index contributed by atoms with van der Waals surface area (Å²) < 4.78 is 71.3. The van der Waals surface area contributed by atoms with Crippen molar-refractivity contribution in [2.75, 3.05) is 20.3 Å². The van der Waals surface area contributed by atoms with E-state index in [0.717, 1.165) is 18.2 Å². The first-order valence-corrected chi connectivity index (χ1v) is 13.5. The minimum atomic E-state index is -5.27. The van der Waals surface area contributed by atoms with Crippen LogP contribution in [-0.2, 0) is 11.1 Å². The molecule has 0 saturated carbocycles. The lowest BCUT2D eigenvalue weighted by atomic mass is 9.88. The number of hydrogen-bond acceptors (Lipinski definition) is 6. The molecule has 0 saturated heterocycles. The van der Waals surface area contributed by atoms with Gasteiger partial charge in [0, 0.05) is 40.7 Å². The predicted octanol–water partition coefficient (Wildman–Crippen LogP) is 5.58. The van der Waals surface area contributed by atoms with Gasteiger partial charge in [-0.15, -0.1) is 0 Å². The molecule has 5 aromatic rings. The summed E-state index contributed by atoms with van der Waals surface area (Å²) in [6.45, 7) is 0.599. The molecule has 0 spiro atoms. The minimum absolute atomic E-state index is 0.00542. The third-order valence-corrected chi connectivity index (χ3v) is 7.89. The maximum atomic E-state index is 14.8. The molecule has 2 N–H and O–H groups in total. The standard InChI is InChI=1S/C32H26F4N4O4/c1-30(40-12-3-4-13-40)18-44-28-23(30)16-25(39-27(28)19-7-9-22(33)10-8-19)31(42,32(34,35)36)17-38-29(41)21-14-20-6-5-11-37-26(20)24(15-21)43-2/h3-16,42H,17-18H2,1-2H3,(H,38,41)/t30-,31?/m0/s1. The average molecular weight is 607 g/mol. The second-order valence-corrected chi connectivity index (χ2v) is 10.7. The number of aromatic nitrogens is 3. The van der Waals surface area contributed by atoms with E-state index in [1.54, 1.807) is 54.3 Å². The average Bonchev–Trinajstić information content (AvgIpc) is 3.68. The van der Waals surface area contributed by atoms with E-state index < -0.39 is 41.3 Å². The lowest BCUT2D eigenvalue weighted by Crippen LogP contribution is -2.51. The molecule has 2 atom stereocenters. The van der Waals surface area contributed by atoms with E-state index >= 15 is 0 Å². The van der Waals surface area contributed by atoms with Crippen LogP contribution in [0, 0.1) is 5.82 Å². The second-order valence-electron chi connectivity index (χ2n) is 10.7. The molecule has 0 aliphatic carbocycles. The molecule has 226 valence electrons. The molecule has 12 heteroatoms. The minimum Gasteiger partial charge on any atom is -0.494 e. The van der Waals surface area contributed by atoms with E-state index in [2.05, 4.69) is 15.3 Å². The third-order valence-electron chi connectivity index (χ3n) is 7.89. The van der Waals surface area contributed by atoms with Gasteiger partial charge in [0.05, 0.1) is 19.3 Å². The Balaban J connectivity index is 1.44. The van der Waals surface area contributed by atoms with Crippen LogP contribution in [0.1, 0.15) is 28.5 Å². The Morgan fingerprint density at radius 1 is 1.11 bits per heavy atom. The van der Waals surface area contributed by atoms with Crippen molar-refractivity contribution in [3.05, 3.63) is 108 Å². The lowest BCUT2D eigenvalue weighted by Gasteiger charge is -2.32. The number of aliphatic hydroxyl groups is 1. The van der Waals surface area contributed by atoms with E-state index in [9.17, 15) is 27.5 Å². The van der Waals surface area contributed by atoms with E-state index in [1.165, 1.54) is 31.4 Å². The van der Waals surface area contributed by atoms with Gasteiger partial charge in [0.1, 0.15) is 34.9 Å². The summed E-state index contributed by atoms with van der Waals surface area (Å²) in [6.07, 6.45) is -0.223. The van der Waals surface area contributed by atoms with Crippen molar-refractivity contribution in [2.24, 2.45) is 0 Å². The highest BCUT2D eigenvalue weighted by Gasteiger charge is 2.57. The molecule has 8 nitrogen and oxygen atoms in total. The van der Waals surface area contributed by atoms with Crippen LogP contribution < -0.4 is 14.8 Å². The molecule has 0 fully saturated rings. The van der Waals surface area contributed by atoms with Gasteiger partial charge in [0.25, 0.3) is 5.91 Å². The van der Waals surface area contributed by atoms with E-state index in [4.69, 9.17) is 9.47 Å². The monoisotopic (exact) mass is 606 g/mol. The van der Waals surface area contributed by atoms with Gasteiger partial charge in [-0.2, -0.15) is 13.2 Å². The first-order chi connectivity index (χ1) is 20.9. The predicted molar refractivity (Wildman–Crippen MR) is 153 cm³/mol. The number of rotatable bonds is 7. The quantitative estimate of drug-likeness (QED) is 0.235. The van der Waals surface area contributed by atoms with Crippen molar-refractivity contribution >= 4 is 16.8 Å². The molecule has 0 radical (unpaired) electrons. The van der Waals surface area contributed by atoms with Gasteiger partial charge in [-0.1, -0.05) is 6.07 Å². The van der Waals surface area contributed by atoms with Crippen molar-refractivity contribution in [1.82, 2.24) is 19.9 Å². The number of carbonyl (C=O) groups excluding carboxylic acids is 1. The van der Waals surface area contributed by atoms with Gasteiger partial charge in [-0.05, 0) is 67.6 Å². The van der Waals surface area contributed by atoms with Crippen LogP contribution in [0.5, 0.6) is 11.5 Å². The van der Waals surface area contributed by atoms with E-state index in [1.807, 2.05) is 0 Å². The fourth-order valence-electron chi connectivity index (χ4n) is 5.35. The van der Waals surface area contributed by atoms with Gasteiger partial charge < -0.3 is 24.5 Å². The van der Waals surface area contributed by atoms with Crippen LogP contribution in [0.2, 0.25) is 0 Å². The summed E-state index contributed by atoms with van der Waals surface area (Å²) >= 11 is 0. The maximum absolute atomic E-state index is 14.8.